The molecule has 0 atom stereocenters. The van der Waals surface area contributed by atoms with Gasteiger partial charge in [-0.25, -0.2) is 0 Å². The normalized spacial score (nSPS) is 15.8. The third-order valence-electron chi connectivity index (χ3n) is 3.01. The molecule has 0 radical (unpaired) electrons. The fraction of sp³-hybridized carbons (Fsp3) is 0.467. The van der Waals surface area contributed by atoms with Gasteiger partial charge in [-0.2, -0.15) is 0 Å². The molecule has 0 bridgehead atoms. The van der Waals surface area contributed by atoms with Gasteiger partial charge in [-0.05, 0) is 6.07 Å². The summed E-state index contributed by atoms with van der Waals surface area (Å²) in [6, 6.07) is 8.23. The van der Waals surface area contributed by atoms with Crippen LogP contribution in [-0.2, 0) is 6.54 Å². The zero-order valence-corrected chi connectivity index (χ0v) is 11.1. The Hall–Kier alpha value is -1.44. The van der Waals surface area contributed by atoms with Crippen molar-refractivity contribution in [2.75, 3.05) is 0 Å². The monoisotopic (exact) mass is 231 g/mol. The van der Waals surface area contributed by atoms with E-state index in [0.29, 0.717) is 0 Å². The number of rotatable bonds is 1. The fourth-order valence-corrected chi connectivity index (χ4v) is 2.15. The van der Waals surface area contributed by atoms with Crippen LogP contribution in [0.3, 0.4) is 0 Å². The number of benzene rings is 1. The number of ether oxygens (including phenoxy) is 1. The van der Waals surface area contributed by atoms with Crippen molar-refractivity contribution in [3.05, 3.63) is 41.3 Å². The van der Waals surface area contributed by atoms with Crippen LogP contribution in [0.5, 0.6) is 5.75 Å². The van der Waals surface area contributed by atoms with Crippen molar-refractivity contribution in [2.24, 2.45) is 5.41 Å². The molecule has 2 heteroatoms. The molecular formula is C15H21NO. The first-order valence-electron chi connectivity index (χ1n) is 6.25. The van der Waals surface area contributed by atoms with Gasteiger partial charge in [0.25, 0.3) is 0 Å². The van der Waals surface area contributed by atoms with Crippen LogP contribution in [0, 0.1) is 5.41 Å². The zero-order valence-electron chi connectivity index (χ0n) is 11.1. The van der Waals surface area contributed by atoms with Crippen molar-refractivity contribution in [1.29, 1.82) is 0 Å². The molecule has 1 heterocycles. The molecule has 1 aromatic rings. The average molecular weight is 231 g/mol. The maximum atomic E-state index is 6.06. The summed E-state index contributed by atoms with van der Waals surface area (Å²) in [5.41, 5.74) is 2.53. The van der Waals surface area contributed by atoms with E-state index in [2.05, 4.69) is 45.1 Å². The van der Waals surface area contributed by atoms with Crippen LogP contribution < -0.4 is 10.1 Å². The van der Waals surface area contributed by atoms with Crippen molar-refractivity contribution in [3.63, 3.8) is 0 Å². The van der Waals surface area contributed by atoms with Crippen LogP contribution in [0.15, 0.2) is 35.7 Å². The molecule has 0 saturated heterocycles. The zero-order chi connectivity index (χ0) is 12.5. The summed E-state index contributed by atoms with van der Waals surface area (Å²) in [4.78, 5) is 0. The van der Waals surface area contributed by atoms with Crippen LogP contribution in [0.4, 0.5) is 0 Å². The number of para-hydroxylation sites is 1. The molecule has 0 aliphatic carbocycles. The number of hydrogen-bond acceptors (Lipinski definition) is 2. The molecule has 0 unspecified atom stereocenters. The maximum Gasteiger partial charge on any atom is 0.132 e. The molecule has 1 N–H and O–H groups in total. The van der Waals surface area contributed by atoms with Crippen LogP contribution in [0.2, 0.25) is 0 Å². The van der Waals surface area contributed by atoms with E-state index in [1.165, 1.54) is 11.3 Å². The Morgan fingerprint density at radius 2 is 1.94 bits per heavy atom. The fourth-order valence-electron chi connectivity index (χ4n) is 2.15. The molecule has 17 heavy (non-hydrogen) atoms. The van der Waals surface area contributed by atoms with Gasteiger partial charge in [-0.1, -0.05) is 45.9 Å². The minimum absolute atomic E-state index is 0.0907. The summed E-state index contributed by atoms with van der Waals surface area (Å²) in [6.07, 6.45) is 0.911. The largest absolute Gasteiger partial charge is 0.460 e. The summed E-state index contributed by atoms with van der Waals surface area (Å²) in [6.45, 7) is 9.61. The Balaban J connectivity index is 2.41. The van der Waals surface area contributed by atoms with Crippen molar-refractivity contribution in [2.45, 2.75) is 40.7 Å². The Labute approximate surface area is 104 Å². The second kappa shape index (κ2) is 4.44. The van der Waals surface area contributed by atoms with E-state index in [0.717, 1.165) is 24.5 Å². The number of allylic oxidation sites excluding steroid dienone is 2. The van der Waals surface area contributed by atoms with Gasteiger partial charge in [0.1, 0.15) is 11.5 Å². The lowest BCUT2D eigenvalue weighted by molar-refractivity contribution is 0.366. The second-order valence-electron chi connectivity index (χ2n) is 5.47. The van der Waals surface area contributed by atoms with Gasteiger partial charge < -0.3 is 10.1 Å². The van der Waals surface area contributed by atoms with E-state index >= 15 is 0 Å². The molecule has 0 saturated carbocycles. The van der Waals surface area contributed by atoms with Gasteiger partial charge in [0.05, 0.1) is 5.70 Å². The Bertz CT molecular complexity index is 440. The lowest BCUT2D eigenvalue weighted by Crippen LogP contribution is -2.25. The summed E-state index contributed by atoms with van der Waals surface area (Å²) in [7, 11) is 0. The van der Waals surface area contributed by atoms with Gasteiger partial charge in [0.2, 0.25) is 0 Å². The Kier molecular flexibility index (Phi) is 3.14. The highest BCUT2D eigenvalue weighted by molar-refractivity contribution is 5.37. The molecule has 2 nitrogen and oxygen atoms in total. The minimum atomic E-state index is 0.0907. The van der Waals surface area contributed by atoms with E-state index in [4.69, 9.17) is 4.74 Å². The van der Waals surface area contributed by atoms with Gasteiger partial charge in [-0.15, -0.1) is 0 Å². The first kappa shape index (κ1) is 12.0. The molecule has 0 amide bonds. The molecule has 2 rings (SSSR count). The third-order valence-corrected chi connectivity index (χ3v) is 3.01. The number of fused-ring (bicyclic) bond motifs is 1. The highest BCUT2D eigenvalue weighted by Crippen LogP contribution is 2.33. The van der Waals surface area contributed by atoms with Crippen LogP contribution in [0.25, 0.3) is 0 Å². The molecule has 92 valence electrons. The average Bonchev–Trinajstić information content (AvgIpc) is 2.46. The highest BCUT2D eigenvalue weighted by atomic mass is 16.5. The summed E-state index contributed by atoms with van der Waals surface area (Å²) in [5.74, 6) is 2.04. The van der Waals surface area contributed by atoms with Crippen LogP contribution in [-0.4, -0.2) is 0 Å². The van der Waals surface area contributed by atoms with E-state index in [1.807, 2.05) is 12.1 Å². The predicted molar refractivity (Wildman–Crippen MR) is 70.7 cm³/mol. The quantitative estimate of drug-likeness (QED) is 0.793. The Morgan fingerprint density at radius 1 is 1.24 bits per heavy atom. The first-order chi connectivity index (χ1) is 8.02. The van der Waals surface area contributed by atoms with Crippen LogP contribution in [0.1, 0.15) is 39.7 Å². The van der Waals surface area contributed by atoms with E-state index in [-0.39, 0.29) is 5.41 Å². The smallest absolute Gasteiger partial charge is 0.132 e. The van der Waals surface area contributed by atoms with Gasteiger partial charge in [0, 0.05) is 23.9 Å². The van der Waals surface area contributed by atoms with Crippen molar-refractivity contribution in [3.8, 4) is 5.75 Å². The van der Waals surface area contributed by atoms with E-state index in [1.54, 1.807) is 0 Å². The minimum Gasteiger partial charge on any atom is -0.460 e. The predicted octanol–water partition coefficient (Wildman–Crippen LogP) is 3.84. The number of nitrogens with one attached hydrogen (secondary N) is 1. The second-order valence-corrected chi connectivity index (χ2v) is 5.47. The Morgan fingerprint density at radius 3 is 2.59 bits per heavy atom. The van der Waals surface area contributed by atoms with Crippen LogP contribution >= 0.6 is 0 Å². The molecule has 1 aliphatic heterocycles. The van der Waals surface area contributed by atoms with Crippen molar-refractivity contribution < 1.29 is 4.74 Å². The van der Waals surface area contributed by atoms with Gasteiger partial charge in [0.15, 0.2) is 0 Å². The van der Waals surface area contributed by atoms with E-state index in [9.17, 15) is 0 Å². The topological polar surface area (TPSA) is 21.3 Å². The molecule has 1 aromatic carbocycles. The summed E-state index contributed by atoms with van der Waals surface area (Å²) >= 11 is 0. The van der Waals surface area contributed by atoms with Crippen molar-refractivity contribution in [1.82, 2.24) is 5.32 Å². The number of hydrogen-bond donors (Lipinski definition) is 1. The molecule has 0 aromatic heterocycles. The van der Waals surface area contributed by atoms with Crippen molar-refractivity contribution >= 4 is 0 Å². The SMILES string of the molecule is CCC1=C(C(C)(C)C)NCc2ccccc2O1. The molecule has 0 fully saturated rings. The lowest BCUT2D eigenvalue weighted by Gasteiger charge is -2.25. The molecule has 1 aliphatic rings. The van der Waals surface area contributed by atoms with E-state index < -0.39 is 0 Å². The summed E-state index contributed by atoms with van der Waals surface area (Å²) < 4.78 is 6.06. The molecular weight excluding hydrogens is 210 g/mol. The van der Waals surface area contributed by atoms with Gasteiger partial charge in [-0.3, -0.25) is 0 Å². The molecule has 0 spiro atoms. The maximum absolute atomic E-state index is 6.06. The highest BCUT2D eigenvalue weighted by Gasteiger charge is 2.24. The lowest BCUT2D eigenvalue weighted by atomic mass is 9.90. The first-order valence-corrected chi connectivity index (χ1v) is 6.25. The summed E-state index contributed by atoms with van der Waals surface area (Å²) in [5, 5.41) is 3.53. The van der Waals surface area contributed by atoms with Gasteiger partial charge >= 0.3 is 0 Å². The standard InChI is InChI=1S/C15H21NO/c1-5-12-14(15(2,3)4)16-10-11-8-6-7-9-13(11)17-12/h6-9,16H,5,10H2,1-4H3. The third kappa shape index (κ3) is 2.46.